The van der Waals surface area contributed by atoms with Gasteiger partial charge in [-0.1, -0.05) is 6.07 Å². The van der Waals surface area contributed by atoms with Crippen LogP contribution >= 0.6 is 0 Å². The molecular formula is C31H40N8O2. The topological polar surface area (TPSA) is 92.6 Å². The fraction of sp³-hybridized carbons (Fsp3) is 0.452. The number of hydrogen-bond donors (Lipinski definition) is 2. The van der Waals surface area contributed by atoms with Crippen molar-refractivity contribution in [3.8, 4) is 17.0 Å². The van der Waals surface area contributed by atoms with Crippen molar-refractivity contribution in [1.82, 2.24) is 24.6 Å². The fourth-order valence-corrected chi connectivity index (χ4v) is 6.29. The molecule has 6 rings (SSSR count). The Morgan fingerprint density at radius 3 is 2.44 bits per heavy atom. The van der Waals surface area contributed by atoms with Crippen LogP contribution in [0, 0.1) is 0 Å². The number of nitrogens with zero attached hydrogens (tertiary/aromatic N) is 6. The van der Waals surface area contributed by atoms with Gasteiger partial charge in [0, 0.05) is 76.5 Å². The summed E-state index contributed by atoms with van der Waals surface area (Å²) in [5, 5.41) is 12.3. The Bertz CT molecular complexity index is 1490. The third-order valence-corrected chi connectivity index (χ3v) is 8.69. The van der Waals surface area contributed by atoms with E-state index >= 15 is 0 Å². The molecule has 0 spiro atoms. The predicted molar refractivity (Wildman–Crippen MR) is 164 cm³/mol. The minimum absolute atomic E-state index is 0.425. The molecule has 0 radical (unpaired) electrons. The average Bonchev–Trinajstić information content (AvgIpc) is 3.40. The molecule has 2 fully saturated rings. The Kier molecular flexibility index (Phi) is 7.93. The van der Waals surface area contributed by atoms with Gasteiger partial charge in [-0.15, -0.1) is 0 Å². The van der Waals surface area contributed by atoms with Crippen LogP contribution in [0.5, 0.6) is 5.75 Å². The number of benzene rings is 2. The third kappa shape index (κ3) is 5.67. The van der Waals surface area contributed by atoms with E-state index in [-0.39, 0.29) is 0 Å². The lowest BCUT2D eigenvalue weighted by molar-refractivity contribution is 0.0233. The highest BCUT2D eigenvalue weighted by Gasteiger charge is 2.29. The van der Waals surface area contributed by atoms with Gasteiger partial charge < -0.3 is 29.9 Å². The maximum absolute atomic E-state index is 5.86. The van der Waals surface area contributed by atoms with E-state index < -0.39 is 0 Å². The molecule has 0 amide bonds. The smallest absolute Gasteiger partial charge is 0.144 e. The summed E-state index contributed by atoms with van der Waals surface area (Å²) >= 11 is 0. The second-order valence-electron chi connectivity index (χ2n) is 11.0. The number of ether oxygens (including phenoxy) is 2. The first-order chi connectivity index (χ1) is 20.1. The number of hydrogen-bond acceptors (Lipinski definition) is 9. The number of aromatic nitrogens is 4. The van der Waals surface area contributed by atoms with Crippen LogP contribution in [0.25, 0.3) is 22.2 Å². The van der Waals surface area contributed by atoms with Crippen LogP contribution in [0.2, 0.25) is 0 Å². The first-order valence-corrected chi connectivity index (χ1v) is 14.5. The molecule has 2 aliphatic rings. The van der Waals surface area contributed by atoms with Gasteiger partial charge in [-0.25, -0.2) is 9.97 Å². The summed E-state index contributed by atoms with van der Waals surface area (Å²) in [6, 6.07) is 13.1. The van der Waals surface area contributed by atoms with Crippen molar-refractivity contribution >= 4 is 33.8 Å². The number of methoxy groups -OCH3 is 2. The Labute approximate surface area is 241 Å². The van der Waals surface area contributed by atoms with Crippen LogP contribution in [-0.2, 0) is 11.8 Å². The number of anilines is 4. The van der Waals surface area contributed by atoms with Gasteiger partial charge in [-0.3, -0.25) is 4.68 Å². The maximum atomic E-state index is 5.86. The molecule has 2 N–H and O–H groups in total. The molecule has 0 saturated carbocycles. The van der Waals surface area contributed by atoms with E-state index in [0.29, 0.717) is 18.0 Å². The van der Waals surface area contributed by atoms with E-state index in [4.69, 9.17) is 9.47 Å². The molecule has 216 valence electrons. The van der Waals surface area contributed by atoms with Gasteiger partial charge in [0.25, 0.3) is 0 Å². The molecule has 41 heavy (non-hydrogen) atoms. The van der Waals surface area contributed by atoms with E-state index in [1.165, 1.54) is 5.69 Å². The van der Waals surface area contributed by atoms with Gasteiger partial charge >= 0.3 is 0 Å². The first kappa shape index (κ1) is 27.3. The van der Waals surface area contributed by atoms with E-state index in [2.05, 4.69) is 65.8 Å². The lowest BCUT2D eigenvalue weighted by atomic mass is 9.98. The molecule has 2 aromatic carbocycles. The van der Waals surface area contributed by atoms with Crippen molar-refractivity contribution in [2.24, 2.45) is 7.05 Å². The number of nitrogens with one attached hydrogen (secondary N) is 2. The SMILES string of the molecule is CNc1cc(Nc2cc(-c3ccc4c(cnn4C)c3)ncn2)c(OC)cc1N1CCC(N2CCC(OC)CC2)CC1. The van der Waals surface area contributed by atoms with Crippen LogP contribution in [-0.4, -0.2) is 84.2 Å². The van der Waals surface area contributed by atoms with E-state index in [9.17, 15) is 0 Å². The van der Waals surface area contributed by atoms with Crippen LogP contribution < -0.4 is 20.3 Å². The van der Waals surface area contributed by atoms with Gasteiger partial charge in [0.2, 0.25) is 0 Å². The van der Waals surface area contributed by atoms with E-state index in [1.54, 1.807) is 13.4 Å². The van der Waals surface area contributed by atoms with Crippen molar-refractivity contribution in [3.05, 3.63) is 48.9 Å². The van der Waals surface area contributed by atoms with E-state index in [0.717, 1.165) is 91.1 Å². The first-order valence-electron chi connectivity index (χ1n) is 14.5. The molecule has 2 aliphatic heterocycles. The number of fused-ring (bicyclic) bond motifs is 1. The largest absolute Gasteiger partial charge is 0.494 e. The molecule has 0 aliphatic carbocycles. The van der Waals surface area contributed by atoms with Gasteiger partial charge in [0.15, 0.2) is 0 Å². The van der Waals surface area contributed by atoms with Gasteiger partial charge in [-0.2, -0.15) is 5.10 Å². The van der Waals surface area contributed by atoms with Crippen molar-refractivity contribution in [2.45, 2.75) is 37.8 Å². The summed E-state index contributed by atoms with van der Waals surface area (Å²) in [5.41, 5.74) is 6.02. The number of aryl methyl sites for hydroxylation is 1. The summed E-state index contributed by atoms with van der Waals surface area (Å²) in [6.07, 6.45) is 8.49. The predicted octanol–water partition coefficient (Wildman–Crippen LogP) is 4.90. The lowest BCUT2D eigenvalue weighted by Crippen LogP contribution is -2.48. The standard InChI is InChI=1S/C31H40N8O2/c1-32-26-16-27(36-31-17-25(33-20-34-31)21-5-6-28-22(15-21)19-35-37(28)2)30(41-4)18-29(26)39-11-7-23(8-12-39)38-13-9-24(40-3)10-14-38/h5-6,15-20,23-24,32H,7-14H2,1-4H3,(H,33,34,36). The van der Waals surface area contributed by atoms with Crippen LogP contribution in [0.1, 0.15) is 25.7 Å². The number of likely N-dealkylation sites (tertiary alicyclic amines) is 1. The van der Waals surface area contributed by atoms with Gasteiger partial charge in [0.1, 0.15) is 17.9 Å². The van der Waals surface area contributed by atoms with Crippen LogP contribution in [0.15, 0.2) is 48.9 Å². The molecule has 10 heteroatoms. The maximum Gasteiger partial charge on any atom is 0.144 e. The fourth-order valence-electron chi connectivity index (χ4n) is 6.29. The van der Waals surface area contributed by atoms with Gasteiger partial charge in [-0.05, 0) is 43.9 Å². The highest BCUT2D eigenvalue weighted by molar-refractivity contribution is 5.85. The second kappa shape index (κ2) is 11.9. The molecule has 4 heterocycles. The Balaban J connectivity index is 1.18. The summed E-state index contributed by atoms with van der Waals surface area (Å²) in [4.78, 5) is 14.2. The summed E-state index contributed by atoms with van der Waals surface area (Å²) in [7, 11) is 7.47. The molecule has 4 aromatic rings. The number of rotatable bonds is 8. The Morgan fingerprint density at radius 1 is 0.902 bits per heavy atom. The normalized spacial score (nSPS) is 17.2. The van der Waals surface area contributed by atoms with Crippen molar-refractivity contribution in [3.63, 3.8) is 0 Å². The van der Waals surface area contributed by atoms with Crippen molar-refractivity contribution in [2.75, 3.05) is 63.0 Å². The van der Waals surface area contributed by atoms with E-state index in [1.807, 2.05) is 38.2 Å². The zero-order valence-corrected chi connectivity index (χ0v) is 24.4. The minimum atomic E-state index is 0.425. The summed E-state index contributed by atoms with van der Waals surface area (Å²) in [5.74, 6) is 1.48. The molecule has 2 saturated heterocycles. The van der Waals surface area contributed by atoms with Crippen LogP contribution in [0.4, 0.5) is 22.9 Å². The zero-order valence-electron chi connectivity index (χ0n) is 24.4. The average molecular weight is 557 g/mol. The molecule has 0 unspecified atom stereocenters. The Morgan fingerprint density at radius 2 is 1.71 bits per heavy atom. The van der Waals surface area contributed by atoms with Crippen molar-refractivity contribution < 1.29 is 9.47 Å². The highest BCUT2D eigenvalue weighted by atomic mass is 16.5. The molecule has 0 atom stereocenters. The molecular weight excluding hydrogens is 516 g/mol. The Hall–Kier alpha value is -3.89. The summed E-state index contributed by atoms with van der Waals surface area (Å²) < 4.78 is 13.3. The molecule has 2 aromatic heterocycles. The third-order valence-electron chi connectivity index (χ3n) is 8.69. The summed E-state index contributed by atoms with van der Waals surface area (Å²) in [6.45, 7) is 4.33. The number of piperidine rings is 2. The monoisotopic (exact) mass is 556 g/mol. The lowest BCUT2D eigenvalue weighted by Gasteiger charge is -2.42. The highest BCUT2D eigenvalue weighted by Crippen LogP contribution is 2.39. The van der Waals surface area contributed by atoms with Crippen LogP contribution in [0.3, 0.4) is 0 Å². The molecule has 0 bridgehead atoms. The zero-order chi connectivity index (χ0) is 28.3. The quantitative estimate of drug-likeness (QED) is 0.314. The van der Waals surface area contributed by atoms with Crippen molar-refractivity contribution in [1.29, 1.82) is 0 Å². The molecule has 10 nitrogen and oxygen atoms in total. The second-order valence-corrected chi connectivity index (χ2v) is 11.0. The minimum Gasteiger partial charge on any atom is -0.494 e. The van der Waals surface area contributed by atoms with Gasteiger partial charge in [0.05, 0.1) is 47.7 Å².